The fourth-order valence-corrected chi connectivity index (χ4v) is 3.90. The number of nitrogens with one attached hydrogen (secondary N) is 1. The van der Waals surface area contributed by atoms with Crippen molar-refractivity contribution in [2.45, 2.75) is 4.34 Å². The van der Waals surface area contributed by atoms with E-state index in [4.69, 9.17) is 11.6 Å². The molecule has 4 nitrogen and oxygen atoms in total. The van der Waals surface area contributed by atoms with Gasteiger partial charge in [-0.1, -0.05) is 47.6 Å². The number of carbonyl (C=O) groups is 1. The second-order valence-electron chi connectivity index (χ2n) is 4.58. The van der Waals surface area contributed by atoms with Crippen LogP contribution in [0.15, 0.2) is 58.0 Å². The second kappa shape index (κ2) is 7.59. The van der Waals surface area contributed by atoms with Crippen LogP contribution in [0.4, 0.5) is 0 Å². The number of hydrogen-bond acceptors (Lipinski definition) is 5. The Hall–Kier alpha value is -1.89. The minimum absolute atomic E-state index is 0.174. The van der Waals surface area contributed by atoms with Crippen LogP contribution in [0.3, 0.4) is 0 Å². The normalized spacial score (nSPS) is 11.2. The van der Waals surface area contributed by atoms with Crippen LogP contribution in [0.2, 0.25) is 5.02 Å². The van der Waals surface area contributed by atoms with Crippen LogP contribution in [0.5, 0.6) is 0 Å². The standard InChI is InChI=1S/C16H12ClN3OS2/c17-12-5-3-4-11(8-12)9-18-20-15(21)10-22-16-19-13-6-1-2-7-14(13)23-16/h1-9H,10H2,(H,20,21)/b18-9+. The number of carbonyl (C=O) groups excluding carboxylic acids is 1. The Morgan fingerprint density at radius 1 is 1.30 bits per heavy atom. The van der Waals surface area contributed by atoms with Gasteiger partial charge in [-0.05, 0) is 29.8 Å². The van der Waals surface area contributed by atoms with Gasteiger partial charge in [-0.25, -0.2) is 10.4 Å². The van der Waals surface area contributed by atoms with Gasteiger partial charge in [0.05, 0.1) is 22.2 Å². The van der Waals surface area contributed by atoms with E-state index in [2.05, 4.69) is 15.5 Å². The Labute approximate surface area is 146 Å². The van der Waals surface area contributed by atoms with Crippen molar-refractivity contribution in [1.29, 1.82) is 0 Å². The number of benzene rings is 2. The maximum atomic E-state index is 11.8. The summed E-state index contributed by atoms with van der Waals surface area (Å²) >= 11 is 8.86. The van der Waals surface area contributed by atoms with Gasteiger partial charge >= 0.3 is 0 Å². The molecule has 0 bridgehead atoms. The zero-order chi connectivity index (χ0) is 16.1. The third-order valence-corrected chi connectivity index (χ3v) is 5.27. The highest BCUT2D eigenvalue weighted by Gasteiger charge is 2.06. The van der Waals surface area contributed by atoms with Crippen LogP contribution in [-0.2, 0) is 4.79 Å². The minimum atomic E-state index is -0.174. The van der Waals surface area contributed by atoms with Crippen LogP contribution in [0.1, 0.15) is 5.56 Å². The van der Waals surface area contributed by atoms with Crippen LogP contribution in [0, 0.1) is 0 Å². The molecule has 0 radical (unpaired) electrons. The van der Waals surface area contributed by atoms with Crippen LogP contribution in [0.25, 0.3) is 10.2 Å². The van der Waals surface area contributed by atoms with Crippen molar-refractivity contribution in [3.05, 3.63) is 59.1 Å². The lowest BCUT2D eigenvalue weighted by Crippen LogP contribution is -2.19. The van der Waals surface area contributed by atoms with Gasteiger partial charge in [-0.15, -0.1) is 11.3 Å². The van der Waals surface area contributed by atoms with Gasteiger partial charge in [-0.3, -0.25) is 4.79 Å². The summed E-state index contributed by atoms with van der Waals surface area (Å²) in [5, 5.41) is 4.56. The highest BCUT2D eigenvalue weighted by Crippen LogP contribution is 2.28. The van der Waals surface area contributed by atoms with Crippen molar-refractivity contribution in [2.75, 3.05) is 5.75 Å². The van der Waals surface area contributed by atoms with Crippen molar-refractivity contribution in [2.24, 2.45) is 5.10 Å². The SMILES string of the molecule is O=C(CSc1nc2ccccc2s1)N/N=C/c1cccc(Cl)c1. The van der Waals surface area contributed by atoms with Gasteiger partial charge in [0.1, 0.15) is 0 Å². The molecule has 1 heterocycles. The summed E-state index contributed by atoms with van der Waals surface area (Å²) in [4.78, 5) is 16.3. The molecule has 3 rings (SSSR count). The first-order valence-corrected chi connectivity index (χ1v) is 8.94. The van der Waals surface area contributed by atoms with Crippen LogP contribution >= 0.6 is 34.7 Å². The van der Waals surface area contributed by atoms with Crippen molar-refractivity contribution < 1.29 is 4.79 Å². The predicted octanol–water partition coefficient (Wildman–Crippen LogP) is 4.19. The van der Waals surface area contributed by atoms with E-state index in [1.165, 1.54) is 11.8 Å². The molecule has 1 amide bonds. The van der Waals surface area contributed by atoms with Crippen molar-refractivity contribution in [3.63, 3.8) is 0 Å². The number of halogens is 1. The minimum Gasteiger partial charge on any atom is -0.272 e. The monoisotopic (exact) mass is 361 g/mol. The highest BCUT2D eigenvalue weighted by atomic mass is 35.5. The quantitative estimate of drug-likeness (QED) is 0.421. The molecule has 0 fully saturated rings. The van der Waals surface area contributed by atoms with Gasteiger partial charge in [0.25, 0.3) is 5.91 Å². The number of aromatic nitrogens is 1. The molecule has 0 spiro atoms. The number of thioether (sulfide) groups is 1. The van der Waals surface area contributed by atoms with Crippen LogP contribution < -0.4 is 5.43 Å². The van der Waals surface area contributed by atoms with Crippen molar-refractivity contribution in [1.82, 2.24) is 10.4 Å². The van der Waals surface area contributed by atoms with Crippen molar-refractivity contribution >= 4 is 57.0 Å². The van der Waals surface area contributed by atoms with Gasteiger partial charge in [0, 0.05) is 5.02 Å². The Morgan fingerprint density at radius 3 is 3.00 bits per heavy atom. The molecule has 0 aliphatic carbocycles. The summed E-state index contributed by atoms with van der Waals surface area (Å²) < 4.78 is 1.99. The molecule has 7 heteroatoms. The molecule has 0 saturated heterocycles. The third kappa shape index (κ3) is 4.54. The maximum Gasteiger partial charge on any atom is 0.250 e. The van der Waals surface area contributed by atoms with E-state index in [-0.39, 0.29) is 11.7 Å². The number of rotatable bonds is 5. The van der Waals surface area contributed by atoms with E-state index in [1.54, 1.807) is 29.7 Å². The third-order valence-electron chi connectivity index (χ3n) is 2.85. The van der Waals surface area contributed by atoms with Gasteiger partial charge < -0.3 is 0 Å². The van der Waals surface area contributed by atoms with E-state index >= 15 is 0 Å². The largest absolute Gasteiger partial charge is 0.272 e. The summed E-state index contributed by atoms with van der Waals surface area (Å²) in [6.07, 6.45) is 1.56. The molecule has 1 aromatic heterocycles. The lowest BCUT2D eigenvalue weighted by molar-refractivity contribution is -0.118. The molecule has 1 N–H and O–H groups in total. The topological polar surface area (TPSA) is 54.4 Å². The van der Waals surface area contributed by atoms with E-state index < -0.39 is 0 Å². The number of thiazole rings is 1. The number of amides is 1. The lowest BCUT2D eigenvalue weighted by Gasteiger charge is -1.98. The zero-order valence-electron chi connectivity index (χ0n) is 11.9. The van der Waals surface area contributed by atoms with E-state index in [0.29, 0.717) is 5.02 Å². The Balaban J connectivity index is 1.51. The number of hydrogen-bond donors (Lipinski definition) is 1. The lowest BCUT2D eigenvalue weighted by atomic mass is 10.2. The zero-order valence-corrected chi connectivity index (χ0v) is 14.3. The van der Waals surface area contributed by atoms with E-state index in [0.717, 1.165) is 20.1 Å². The van der Waals surface area contributed by atoms with Crippen LogP contribution in [-0.4, -0.2) is 22.9 Å². The van der Waals surface area contributed by atoms with E-state index in [1.807, 2.05) is 36.4 Å². The molecule has 0 aliphatic heterocycles. The molecule has 0 saturated carbocycles. The molecule has 0 aliphatic rings. The Morgan fingerprint density at radius 2 is 2.17 bits per heavy atom. The molecular formula is C16H12ClN3OS2. The van der Waals surface area contributed by atoms with Gasteiger partial charge in [0.15, 0.2) is 4.34 Å². The van der Waals surface area contributed by atoms with Crippen molar-refractivity contribution in [3.8, 4) is 0 Å². The average molecular weight is 362 g/mol. The Bertz CT molecular complexity index is 830. The summed E-state index contributed by atoms with van der Waals surface area (Å²) in [5.41, 5.74) is 4.29. The first-order valence-electron chi connectivity index (χ1n) is 6.76. The molecule has 2 aromatic carbocycles. The molecule has 116 valence electrons. The summed E-state index contributed by atoms with van der Waals surface area (Å²) in [5.74, 6) is 0.0970. The maximum absolute atomic E-state index is 11.8. The number of fused-ring (bicyclic) bond motifs is 1. The fourth-order valence-electron chi connectivity index (χ4n) is 1.84. The van der Waals surface area contributed by atoms with E-state index in [9.17, 15) is 4.79 Å². The summed E-state index contributed by atoms with van der Waals surface area (Å²) in [7, 11) is 0. The number of hydrazone groups is 1. The predicted molar refractivity (Wildman–Crippen MR) is 97.5 cm³/mol. The Kier molecular flexibility index (Phi) is 5.27. The fraction of sp³-hybridized carbons (Fsp3) is 0.0625. The highest BCUT2D eigenvalue weighted by molar-refractivity contribution is 8.01. The molecule has 0 unspecified atom stereocenters. The summed E-state index contributed by atoms with van der Waals surface area (Å²) in [6.45, 7) is 0. The van der Waals surface area contributed by atoms with Gasteiger partial charge in [0.2, 0.25) is 0 Å². The first-order chi connectivity index (χ1) is 11.2. The van der Waals surface area contributed by atoms with Gasteiger partial charge in [-0.2, -0.15) is 5.10 Å². The molecule has 0 atom stereocenters. The summed E-state index contributed by atoms with van der Waals surface area (Å²) in [6, 6.07) is 15.2. The number of nitrogens with zero attached hydrogens (tertiary/aromatic N) is 2. The smallest absolute Gasteiger partial charge is 0.250 e. The average Bonchev–Trinajstić information content (AvgIpc) is 2.96. The molecular weight excluding hydrogens is 350 g/mol. The number of para-hydroxylation sites is 1. The molecule has 23 heavy (non-hydrogen) atoms. The molecule has 3 aromatic rings. The first kappa shape index (κ1) is 16.0. The second-order valence-corrected chi connectivity index (χ2v) is 7.27.